The Morgan fingerprint density at radius 2 is 2.23 bits per heavy atom. The van der Waals surface area contributed by atoms with Crippen molar-refractivity contribution in [3.8, 4) is 5.75 Å². The monoisotopic (exact) mass is 471 g/mol. The van der Waals surface area contributed by atoms with Crippen LogP contribution in [0.1, 0.15) is 29.5 Å². The van der Waals surface area contributed by atoms with E-state index in [9.17, 15) is 13.6 Å². The molecular weight excluding hydrogens is 452 g/mol. The summed E-state index contributed by atoms with van der Waals surface area (Å²) in [7, 11) is 1.47. The molecule has 166 valence electrons. The number of carbonyl (C=O) groups is 1. The van der Waals surface area contributed by atoms with E-state index in [1.54, 1.807) is 19.1 Å². The van der Waals surface area contributed by atoms with E-state index in [0.717, 1.165) is 0 Å². The highest BCUT2D eigenvalue weighted by Crippen LogP contribution is 2.39. The Labute approximate surface area is 186 Å². The molecule has 31 heavy (non-hydrogen) atoms. The molecule has 3 heterocycles. The fourth-order valence-corrected chi connectivity index (χ4v) is 4.49. The summed E-state index contributed by atoms with van der Waals surface area (Å²) < 4.78 is 34.3. The lowest BCUT2D eigenvalue weighted by atomic mass is 9.91. The molecule has 2 aromatic rings. The van der Waals surface area contributed by atoms with Gasteiger partial charge in [0.15, 0.2) is 5.17 Å². The SMILES string of the molecule is COc1cnc(C(=O)Nc2ccnc([C@]3(C)C[C@@H](COC(F)F)SC(N)=N3)c2)c(Cl)c1. The van der Waals surface area contributed by atoms with Crippen molar-refractivity contribution in [2.75, 3.05) is 19.0 Å². The van der Waals surface area contributed by atoms with Gasteiger partial charge in [-0.25, -0.2) is 9.98 Å². The van der Waals surface area contributed by atoms with Crippen LogP contribution < -0.4 is 15.8 Å². The average Bonchev–Trinajstić information content (AvgIpc) is 2.71. The molecule has 0 fully saturated rings. The van der Waals surface area contributed by atoms with Gasteiger partial charge >= 0.3 is 6.61 Å². The maximum atomic E-state index is 12.6. The molecule has 0 aliphatic carbocycles. The van der Waals surface area contributed by atoms with Crippen molar-refractivity contribution in [3.63, 3.8) is 0 Å². The molecule has 1 amide bonds. The van der Waals surface area contributed by atoms with E-state index in [1.807, 2.05) is 0 Å². The van der Waals surface area contributed by atoms with Gasteiger partial charge in [-0.2, -0.15) is 8.78 Å². The van der Waals surface area contributed by atoms with Gasteiger partial charge in [0.1, 0.15) is 17.0 Å². The summed E-state index contributed by atoms with van der Waals surface area (Å²) in [5.41, 5.74) is 6.04. The van der Waals surface area contributed by atoms with E-state index in [-0.39, 0.29) is 27.7 Å². The molecule has 0 spiro atoms. The molecule has 0 aromatic carbocycles. The van der Waals surface area contributed by atoms with Crippen molar-refractivity contribution in [3.05, 3.63) is 47.0 Å². The summed E-state index contributed by atoms with van der Waals surface area (Å²) in [4.78, 5) is 25.4. The van der Waals surface area contributed by atoms with Crippen molar-refractivity contribution in [2.45, 2.75) is 30.7 Å². The molecule has 8 nitrogen and oxygen atoms in total. The molecule has 12 heteroatoms. The number of rotatable bonds is 7. The van der Waals surface area contributed by atoms with Crippen LogP contribution in [0.4, 0.5) is 14.5 Å². The Morgan fingerprint density at radius 3 is 2.90 bits per heavy atom. The predicted octanol–water partition coefficient (Wildman–Crippen LogP) is 3.67. The normalized spacial score (nSPS) is 21.0. The minimum Gasteiger partial charge on any atom is -0.495 e. The lowest BCUT2D eigenvalue weighted by molar-refractivity contribution is -0.128. The minimum absolute atomic E-state index is 0.0348. The van der Waals surface area contributed by atoms with Crippen LogP contribution in [0.3, 0.4) is 0 Å². The molecule has 0 unspecified atom stereocenters. The topological polar surface area (TPSA) is 112 Å². The zero-order valence-electron chi connectivity index (χ0n) is 16.6. The summed E-state index contributed by atoms with van der Waals surface area (Å²) in [6, 6.07) is 4.73. The first kappa shape index (κ1) is 23.2. The van der Waals surface area contributed by atoms with E-state index < -0.39 is 18.1 Å². The molecule has 3 rings (SSSR count). The van der Waals surface area contributed by atoms with Gasteiger partial charge in [-0.05, 0) is 25.5 Å². The van der Waals surface area contributed by atoms with Crippen LogP contribution in [0, 0.1) is 0 Å². The lowest BCUT2D eigenvalue weighted by Gasteiger charge is -2.33. The van der Waals surface area contributed by atoms with Crippen LogP contribution in [0.25, 0.3) is 0 Å². The van der Waals surface area contributed by atoms with Crippen molar-refractivity contribution in [1.82, 2.24) is 9.97 Å². The van der Waals surface area contributed by atoms with Gasteiger partial charge in [0.2, 0.25) is 0 Å². The number of methoxy groups -OCH3 is 1. The fourth-order valence-electron chi connectivity index (χ4n) is 3.10. The first-order valence-electron chi connectivity index (χ1n) is 9.09. The van der Waals surface area contributed by atoms with Crippen molar-refractivity contribution >= 4 is 40.1 Å². The zero-order valence-corrected chi connectivity index (χ0v) is 18.2. The highest BCUT2D eigenvalue weighted by molar-refractivity contribution is 8.14. The van der Waals surface area contributed by atoms with Gasteiger partial charge in [0.25, 0.3) is 5.91 Å². The lowest BCUT2D eigenvalue weighted by Crippen LogP contribution is -2.36. The fraction of sp³-hybridized carbons (Fsp3) is 0.368. The Bertz CT molecular complexity index is 997. The van der Waals surface area contributed by atoms with Gasteiger partial charge in [0.05, 0.1) is 30.6 Å². The second kappa shape index (κ2) is 9.75. The first-order chi connectivity index (χ1) is 14.7. The number of amidine groups is 1. The third kappa shape index (κ3) is 5.81. The molecule has 1 aliphatic rings. The third-order valence-corrected chi connectivity index (χ3v) is 5.77. The Kier molecular flexibility index (Phi) is 7.29. The van der Waals surface area contributed by atoms with E-state index in [4.69, 9.17) is 22.1 Å². The first-order valence-corrected chi connectivity index (χ1v) is 10.3. The molecule has 0 bridgehead atoms. The number of anilines is 1. The molecule has 0 saturated heterocycles. The van der Waals surface area contributed by atoms with E-state index in [0.29, 0.717) is 23.6 Å². The maximum Gasteiger partial charge on any atom is 0.345 e. The van der Waals surface area contributed by atoms with Gasteiger partial charge in [-0.15, -0.1) is 0 Å². The Balaban J connectivity index is 1.79. The number of aliphatic imine (C=N–C) groups is 1. The third-order valence-electron chi connectivity index (χ3n) is 4.51. The summed E-state index contributed by atoms with van der Waals surface area (Å²) >= 11 is 7.29. The van der Waals surface area contributed by atoms with Gasteiger partial charge in [0, 0.05) is 23.2 Å². The molecule has 0 radical (unpaired) electrons. The number of carbonyl (C=O) groups excluding carboxylic acids is 1. The van der Waals surface area contributed by atoms with Crippen molar-refractivity contribution in [1.29, 1.82) is 0 Å². The summed E-state index contributed by atoms with van der Waals surface area (Å²) in [6.07, 6.45) is 3.28. The highest BCUT2D eigenvalue weighted by atomic mass is 35.5. The zero-order chi connectivity index (χ0) is 22.6. The van der Waals surface area contributed by atoms with Gasteiger partial charge in [-0.3, -0.25) is 9.78 Å². The standard InChI is InChI=1S/C19H20ClF2N5O3S/c1-19(7-12(9-30-17(21)22)31-18(23)27-19)14-5-10(3-4-24-14)26-16(28)15-13(20)6-11(29-2)8-25-15/h3-6,8,12,17H,7,9H2,1-2H3,(H2,23,27)(H,24,26,28)/t12-,19-/m0/s1. The van der Waals surface area contributed by atoms with E-state index in [1.165, 1.54) is 37.3 Å². The second-order valence-electron chi connectivity index (χ2n) is 6.85. The van der Waals surface area contributed by atoms with Gasteiger partial charge in [-0.1, -0.05) is 23.4 Å². The summed E-state index contributed by atoms with van der Waals surface area (Å²) in [5, 5.41) is 2.79. The van der Waals surface area contributed by atoms with Crippen molar-refractivity contribution < 1.29 is 23.0 Å². The van der Waals surface area contributed by atoms with Crippen LogP contribution in [-0.2, 0) is 10.3 Å². The number of nitrogens with two attached hydrogens (primary N) is 1. The number of nitrogens with zero attached hydrogens (tertiary/aromatic N) is 3. The Hall–Kier alpha value is -2.50. The van der Waals surface area contributed by atoms with E-state index in [2.05, 4.69) is 25.0 Å². The van der Waals surface area contributed by atoms with E-state index >= 15 is 0 Å². The van der Waals surface area contributed by atoms with Crippen LogP contribution in [-0.4, -0.2) is 46.6 Å². The smallest absolute Gasteiger partial charge is 0.345 e. The highest BCUT2D eigenvalue weighted by Gasteiger charge is 2.36. The summed E-state index contributed by atoms with van der Waals surface area (Å²) in [6.45, 7) is -1.24. The molecule has 3 N–H and O–H groups in total. The number of alkyl halides is 2. The molecule has 2 aromatic heterocycles. The van der Waals surface area contributed by atoms with Crippen LogP contribution in [0.5, 0.6) is 5.75 Å². The van der Waals surface area contributed by atoms with Gasteiger partial charge < -0.3 is 20.5 Å². The predicted molar refractivity (Wildman–Crippen MR) is 115 cm³/mol. The minimum atomic E-state index is -2.86. The number of halogens is 3. The number of amides is 1. The average molecular weight is 472 g/mol. The molecule has 1 aliphatic heterocycles. The maximum absolute atomic E-state index is 12.6. The molecular formula is C19H20ClF2N5O3S. The van der Waals surface area contributed by atoms with Crippen molar-refractivity contribution in [2.24, 2.45) is 10.7 Å². The molecule has 2 atom stereocenters. The largest absolute Gasteiger partial charge is 0.495 e. The quantitative estimate of drug-likeness (QED) is 0.633. The number of thioether (sulfide) groups is 1. The molecule has 0 saturated carbocycles. The number of aromatic nitrogens is 2. The number of nitrogens with one attached hydrogen (secondary N) is 1. The second-order valence-corrected chi connectivity index (χ2v) is 8.58. The summed E-state index contributed by atoms with van der Waals surface area (Å²) in [5.74, 6) is -0.0861. The Morgan fingerprint density at radius 1 is 1.45 bits per heavy atom. The number of hydrogen-bond donors (Lipinski definition) is 2. The number of pyridine rings is 2. The number of ether oxygens (including phenoxy) is 2. The van der Waals surface area contributed by atoms with Crippen LogP contribution >= 0.6 is 23.4 Å². The van der Waals surface area contributed by atoms with Crippen LogP contribution in [0.15, 0.2) is 35.6 Å². The number of hydrogen-bond acceptors (Lipinski definition) is 8. The van der Waals surface area contributed by atoms with Crippen LogP contribution in [0.2, 0.25) is 5.02 Å².